The maximum absolute atomic E-state index is 12.9. The van der Waals surface area contributed by atoms with Gasteiger partial charge in [0.15, 0.2) is 17.2 Å². The maximum Gasteiger partial charge on any atom is 0.264 e. The predicted molar refractivity (Wildman–Crippen MR) is 121 cm³/mol. The van der Waals surface area contributed by atoms with Crippen LogP contribution < -0.4 is 0 Å². The molecule has 0 amide bonds. The molecule has 3 fully saturated rings. The zero-order valence-electron chi connectivity index (χ0n) is 19.8. The molecule has 0 aromatic carbocycles. The molecule has 0 radical (unpaired) electrons. The first kappa shape index (κ1) is 25.7. The van der Waals surface area contributed by atoms with Crippen molar-refractivity contribution in [2.75, 3.05) is 26.1 Å². The lowest BCUT2D eigenvalue weighted by atomic mass is 9.46. The molecular formula is C24H34O9S. The summed E-state index contributed by atoms with van der Waals surface area (Å²) in [6.45, 7) is 2.50. The van der Waals surface area contributed by atoms with Crippen LogP contribution in [0.25, 0.3) is 0 Å². The summed E-state index contributed by atoms with van der Waals surface area (Å²) in [5.74, 6) is -1.27. The van der Waals surface area contributed by atoms with E-state index in [1.807, 2.05) is 13.0 Å². The van der Waals surface area contributed by atoms with Gasteiger partial charge in [0.2, 0.25) is 0 Å². The minimum Gasteiger partial charge on any atom is -0.393 e. The number of Topliss-reactive ketones (excluding diaryl/α,β-unsaturated/α-hetero) is 1. The number of fused-ring (bicyclic) bond motifs is 5. The fourth-order valence-corrected chi connectivity index (χ4v) is 7.87. The van der Waals surface area contributed by atoms with Crippen molar-refractivity contribution >= 4 is 21.7 Å². The minimum atomic E-state index is -3.67. The smallest absolute Gasteiger partial charge is 0.264 e. The van der Waals surface area contributed by atoms with Crippen LogP contribution in [0, 0.1) is 28.6 Å². The fourth-order valence-electron chi connectivity index (χ4n) is 7.50. The van der Waals surface area contributed by atoms with Crippen LogP contribution in [0.3, 0.4) is 0 Å². The number of carbonyl (C=O) groups excluding carboxylic acids is 2. The Morgan fingerprint density at radius 2 is 1.97 bits per heavy atom. The number of hydrogen-bond donors (Lipinski definition) is 3. The highest BCUT2D eigenvalue weighted by Gasteiger charge is 2.71. The third kappa shape index (κ3) is 3.83. The van der Waals surface area contributed by atoms with E-state index in [-0.39, 0.29) is 43.2 Å². The molecule has 4 aliphatic carbocycles. The Balaban J connectivity index is 1.66. The average Bonchev–Trinajstić information content (AvgIpc) is 2.97. The highest BCUT2D eigenvalue weighted by Crippen LogP contribution is 2.67. The van der Waals surface area contributed by atoms with Crippen molar-refractivity contribution in [1.82, 2.24) is 0 Å². The topological polar surface area (TPSA) is 147 Å². The molecule has 4 aliphatic rings. The van der Waals surface area contributed by atoms with Crippen molar-refractivity contribution < 1.29 is 42.2 Å². The molecule has 0 heterocycles. The van der Waals surface area contributed by atoms with Gasteiger partial charge in [-0.25, -0.2) is 0 Å². The molecule has 0 saturated heterocycles. The van der Waals surface area contributed by atoms with Crippen LogP contribution >= 0.6 is 0 Å². The van der Waals surface area contributed by atoms with Crippen LogP contribution in [0.5, 0.6) is 0 Å². The van der Waals surface area contributed by atoms with E-state index in [0.29, 0.717) is 19.3 Å². The maximum atomic E-state index is 12.9. The Bertz CT molecular complexity index is 1030. The summed E-state index contributed by atoms with van der Waals surface area (Å²) in [6, 6.07) is 0. The Hall–Kier alpha value is -1.43. The molecule has 0 aromatic rings. The number of ether oxygens (including phenoxy) is 1. The van der Waals surface area contributed by atoms with Gasteiger partial charge in [-0.2, -0.15) is 8.42 Å². The van der Waals surface area contributed by atoms with E-state index >= 15 is 0 Å². The number of hydrogen-bond acceptors (Lipinski definition) is 9. The lowest BCUT2D eigenvalue weighted by Gasteiger charge is -2.59. The largest absolute Gasteiger partial charge is 0.393 e. The summed E-state index contributed by atoms with van der Waals surface area (Å²) in [4.78, 5) is 24.9. The van der Waals surface area contributed by atoms with Crippen molar-refractivity contribution in [2.24, 2.45) is 28.6 Å². The number of aliphatic hydroxyl groups excluding tert-OH is 2. The van der Waals surface area contributed by atoms with Crippen molar-refractivity contribution in [3.05, 3.63) is 23.8 Å². The summed E-state index contributed by atoms with van der Waals surface area (Å²) in [7, 11) is -3.67. The van der Waals surface area contributed by atoms with Gasteiger partial charge in [-0.1, -0.05) is 25.5 Å². The van der Waals surface area contributed by atoms with Crippen LogP contribution in [-0.4, -0.2) is 79.2 Å². The molecule has 0 bridgehead atoms. The van der Waals surface area contributed by atoms with Gasteiger partial charge < -0.3 is 20.1 Å². The molecule has 8 atom stereocenters. The van der Waals surface area contributed by atoms with E-state index in [2.05, 4.69) is 0 Å². The van der Waals surface area contributed by atoms with Gasteiger partial charge >= 0.3 is 0 Å². The van der Waals surface area contributed by atoms with E-state index in [9.17, 15) is 33.3 Å². The highest BCUT2D eigenvalue weighted by atomic mass is 32.2. The summed E-state index contributed by atoms with van der Waals surface area (Å²) < 4.78 is 33.1. The van der Waals surface area contributed by atoms with Crippen LogP contribution in [0.2, 0.25) is 0 Å². The molecular weight excluding hydrogens is 464 g/mol. The van der Waals surface area contributed by atoms with Crippen molar-refractivity contribution in [3.8, 4) is 0 Å². The van der Waals surface area contributed by atoms with Gasteiger partial charge in [-0.15, -0.1) is 0 Å². The first-order valence-electron chi connectivity index (χ1n) is 11.7. The van der Waals surface area contributed by atoms with Crippen LogP contribution in [0.4, 0.5) is 0 Å². The predicted octanol–water partition coefficient (Wildman–Crippen LogP) is 0.529. The first-order chi connectivity index (χ1) is 15.8. The lowest BCUT2D eigenvalue weighted by Crippen LogP contribution is -2.64. The zero-order chi connectivity index (χ0) is 25.1. The normalized spacial score (nSPS) is 43.6. The van der Waals surface area contributed by atoms with Gasteiger partial charge in [0, 0.05) is 16.7 Å². The van der Waals surface area contributed by atoms with E-state index in [0.717, 1.165) is 11.8 Å². The SMILES string of the molecule is C[C@]12C=CC(=O)C=C1CC[C@@H]1[C@@H]2C(O)C[C@@]2(C)[C@H]1CC(OCCOS(C)(=O)=O)[C@]2(O)C(=O)CO. The molecule has 9 nitrogen and oxygen atoms in total. The zero-order valence-corrected chi connectivity index (χ0v) is 20.6. The van der Waals surface area contributed by atoms with E-state index in [1.54, 1.807) is 19.1 Å². The molecule has 4 rings (SSSR count). The number of rotatable bonds is 7. The van der Waals surface area contributed by atoms with E-state index < -0.39 is 51.1 Å². The Labute approximate surface area is 199 Å². The number of carbonyl (C=O) groups is 2. The van der Waals surface area contributed by atoms with Crippen molar-refractivity contribution in [1.29, 1.82) is 0 Å². The second-order valence-electron chi connectivity index (χ2n) is 10.7. The summed E-state index contributed by atoms with van der Waals surface area (Å²) in [6.07, 6.45) is 5.99. The van der Waals surface area contributed by atoms with Gasteiger partial charge in [-0.05, 0) is 49.7 Å². The molecule has 2 unspecified atom stereocenters. The molecule has 10 heteroatoms. The fraction of sp³-hybridized carbons (Fsp3) is 0.750. The van der Waals surface area contributed by atoms with Gasteiger partial charge in [0.05, 0.1) is 31.7 Å². The van der Waals surface area contributed by atoms with Crippen LogP contribution in [0.1, 0.15) is 39.5 Å². The molecule has 0 aromatic heterocycles. The molecule has 190 valence electrons. The quantitative estimate of drug-likeness (QED) is 0.338. The number of ketones is 2. The molecule has 3 N–H and O–H groups in total. The third-order valence-corrected chi connectivity index (χ3v) is 9.55. The Kier molecular flexibility index (Phi) is 6.49. The van der Waals surface area contributed by atoms with Crippen molar-refractivity contribution in [2.45, 2.75) is 57.3 Å². The monoisotopic (exact) mass is 498 g/mol. The lowest BCUT2D eigenvalue weighted by molar-refractivity contribution is -0.195. The van der Waals surface area contributed by atoms with Gasteiger partial charge in [-0.3, -0.25) is 13.8 Å². The summed E-state index contributed by atoms with van der Waals surface area (Å²) in [5, 5.41) is 32.9. The summed E-state index contributed by atoms with van der Waals surface area (Å²) >= 11 is 0. The van der Waals surface area contributed by atoms with E-state index in [1.165, 1.54) is 0 Å². The van der Waals surface area contributed by atoms with Crippen LogP contribution in [-0.2, 0) is 28.6 Å². The first-order valence-corrected chi connectivity index (χ1v) is 13.5. The Morgan fingerprint density at radius 1 is 1.26 bits per heavy atom. The molecule has 3 saturated carbocycles. The number of aliphatic hydroxyl groups is 3. The number of allylic oxidation sites excluding steroid dienone is 4. The van der Waals surface area contributed by atoms with Crippen LogP contribution in [0.15, 0.2) is 23.8 Å². The molecule has 0 spiro atoms. The third-order valence-electron chi connectivity index (χ3n) is 8.96. The van der Waals surface area contributed by atoms with Gasteiger partial charge in [0.25, 0.3) is 10.1 Å². The van der Waals surface area contributed by atoms with Gasteiger partial charge in [0.1, 0.15) is 6.61 Å². The minimum absolute atomic E-state index is 0.0485. The Morgan fingerprint density at radius 3 is 2.62 bits per heavy atom. The van der Waals surface area contributed by atoms with E-state index in [4.69, 9.17) is 8.92 Å². The standard InChI is InChI=1S/C24H34O9S/c1-22-7-6-15(26)10-14(22)4-5-16-17-11-20(32-8-9-33-34(3,30)31)24(29,19(28)13-25)23(17,2)12-18(27)21(16)22/h6-7,10,16-18,20-21,25,27,29H,4-5,8-9,11-13H2,1-3H3/t16-,17-,18?,20?,21+,22-,23-,24+/m0/s1. The average molecular weight is 499 g/mol. The molecule has 0 aliphatic heterocycles. The molecule has 34 heavy (non-hydrogen) atoms. The highest BCUT2D eigenvalue weighted by molar-refractivity contribution is 7.85. The second-order valence-corrected chi connectivity index (χ2v) is 12.3. The summed E-state index contributed by atoms with van der Waals surface area (Å²) in [5.41, 5.74) is -2.60. The van der Waals surface area contributed by atoms with Crippen molar-refractivity contribution in [3.63, 3.8) is 0 Å². The second kappa shape index (κ2) is 8.60.